The van der Waals surface area contributed by atoms with Crippen LogP contribution in [0.15, 0.2) is 36.5 Å². The summed E-state index contributed by atoms with van der Waals surface area (Å²) in [7, 11) is 1.86. The first kappa shape index (κ1) is 20.8. The molecular weight excluding hydrogens is 402 g/mol. The van der Waals surface area contributed by atoms with Crippen molar-refractivity contribution in [2.24, 2.45) is 0 Å². The third kappa shape index (κ3) is 3.70. The van der Waals surface area contributed by atoms with Crippen molar-refractivity contribution < 1.29 is 9.53 Å². The number of fused-ring (bicyclic) bond motifs is 2. The van der Waals surface area contributed by atoms with Crippen LogP contribution in [0, 0.1) is 0 Å². The van der Waals surface area contributed by atoms with E-state index in [1.807, 2.05) is 36.0 Å². The second-order valence-electron chi connectivity index (χ2n) is 9.22. The summed E-state index contributed by atoms with van der Waals surface area (Å²) in [4.78, 5) is 22.6. The molecule has 1 aliphatic carbocycles. The summed E-state index contributed by atoms with van der Waals surface area (Å²) in [6, 6.07) is 10.3. The van der Waals surface area contributed by atoms with Gasteiger partial charge in [-0.2, -0.15) is 5.10 Å². The van der Waals surface area contributed by atoms with Gasteiger partial charge in [-0.05, 0) is 51.8 Å². The number of pyridine rings is 1. The van der Waals surface area contributed by atoms with Crippen molar-refractivity contribution in [3.63, 3.8) is 0 Å². The second-order valence-corrected chi connectivity index (χ2v) is 9.22. The zero-order valence-corrected chi connectivity index (χ0v) is 19.3. The molecule has 1 atom stereocenters. The van der Waals surface area contributed by atoms with Crippen molar-refractivity contribution in [1.29, 1.82) is 0 Å². The largest absolute Gasteiger partial charge is 0.485 e. The number of likely N-dealkylation sites (N-methyl/N-ethyl adjacent to an activating group) is 2. The van der Waals surface area contributed by atoms with Crippen LogP contribution in [0.5, 0.6) is 5.75 Å². The molecular formula is C25H31N5O2. The highest BCUT2D eigenvalue weighted by atomic mass is 16.5. The summed E-state index contributed by atoms with van der Waals surface area (Å²) < 4.78 is 8.17. The summed E-state index contributed by atoms with van der Waals surface area (Å²) in [5, 5.41) is 5.36. The van der Waals surface area contributed by atoms with Crippen molar-refractivity contribution in [2.45, 2.75) is 51.7 Å². The van der Waals surface area contributed by atoms with E-state index in [1.54, 1.807) is 11.1 Å². The highest BCUT2D eigenvalue weighted by Crippen LogP contribution is 2.40. The monoisotopic (exact) mass is 433 g/mol. The van der Waals surface area contributed by atoms with Gasteiger partial charge in [0, 0.05) is 31.2 Å². The Bertz CT molecular complexity index is 1150. The highest BCUT2D eigenvalue weighted by molar-refractivity contribution is 6.05. The molecule has 0 saturated heterocycles. The minimum Gasteiger partial charge on any atom is -0.485 e. The Morgan fingerprint density at radius 2 is 2.06 bits per heavy atom. The molecule has 2 aromatic heterocycles. The average molecular weight is 434 g/mol. The molecule has 1 aliphatic heterocycles. The summed E-state index contributed by atoms with van der Waals surface area (Å²) >= 11 is 0. The van der Waals surface area contributed by atoms with Crippen LogP contribution < -0.4 is 9.64 Å². The summed E-state index contributed by atoms with van der Waals surface area (Å²) in [6.45, 7) is 8.50. The molecule has 1 aromatic carbocycles. The van der Waals surface area contributed by atoms with E-state index in [0.29, 0.717) is 18.0 Å². The predicted molar refractivity (Wildman–Crippen MR) is 126 cm³/mol. The number of rotatable bonds is 6. The first-order chi connectivity index (χ1) is 15.5. The number of nitrogens with zero attached hydrogens (tertiary/aromatic N) is 5. The minimum atomic E-state index is -0.0857. The fourth-order valence-electron chi connectivity index (χ4n) is 4.55. The molecule has 0 N–H and O–H groups in total. The number of para-hydroxylation sites is 2. The molecule has 0 bridgehead atoms. The van der Waals surface area contributed by atoms with Crippen LogP contribution in [0.25, 0.3) is 11.0 Å². The maximum atomic E-state index is 13.6. The molecule has 1 amide bonds. The zero-order valence-electron chi connectivity index (χ0n) is 19.3. The number of aromatic nitrogens is 3. The molecule has 3 heterocycles. The standard InChI is InChI=1S/C25H31N5O2/c1-5-29-15-18(32-23-9-7-6-8-22(23)29)14-28(4)25(31)19-12-21(17-10-11-17)27-24-20(19)13-26-30(24)16(2)3/h6-9,12-13,16-18H,5,10-11,14-15H2,1-4H3. The topological polar surface area (TPSA) is 63.5 Å². The van der Waals surface area contributed by atoms with Crippen LogP contribution in [0.3, 0.4) is 0 Å². The molecule has 32 heavy (non-hydrogen) atoms. The Hall–Kier alpha value is -3.09. The number of benzene rings is 1. The van der Waals surface area contributed by atoms with Gasteiger partial charge in [0.05, 0.1) is 35.9 Å². The van der Waals surface area contributed by atoms with Gasteiger partial charge in [0.25, 0.3) is 5.91 Å². The molecule has 7 heteroatoms. The van der Waals surface area contributed by atoms with Crippen molar-refractivity contribution >= 4 is 22.6 Å². The molecule has 5 rings (SSSR count). The van der Waals surface area contributed by atoms with Gasteiger partial charge in [-0.25, -0.2) is 9.67 Å². The number of hydrogen-bond donors (Lipinski definition) is 0. The third-order valence-corrected chi connectivity index (χ3v) is 6.43. The van der Waals surface area contributed by atoms with Crippen molar-refractivity contribution in [3.8, 4) is 5.75 Å². The summed E-state index contributed by atoms with van der Waals surface area (Å²) in [5.74, 6) is 1.34. The van der Waals surface area contributed by atoms with Gasteiger partial charge in [0.15, 0.2) is 5.65 Å². The van der Waals surface area contributed by atoms with Gasteiger partial charge in [0.2, 0.25) is 0 Å². The van der Waals surface area contributed by atoms with E-state index < -0.39 is 0 Å². The van der Waals surface area contributed by atoms with Crippen molar-refractivity contribution in [1.82, 2.24) is 19.7 Å². The molecule has 1 unspecified atom stereocenters. The van der Waals surface area contributed by atoms with Gasteiger partial charge in [0.1, 0.15) is 11.9 Å². The maximum Gasteiger partial charge on any atom is 0.254 e. The first-order valence-corrected chi connectivity index (χ1v) is 11.6. The van der Waals surface area contributed by atoms with Crippen LogP contribution in [-0.2, 0) is 0 Å². The summed E-state index contributed by atoms with van der Waals surface area (Å²) in [5.41, 5.74) is 3.62. The van der Waals surface area contributed by atoms with Crippen LogP contribution in [-0.4, -0.2) is 58.4 Å². The average Bonchev–Trinajstić information content (AvgIpc) is 3.55. The van der Waals surface area contributed by atoms with E-state index in [4.69, 9.17) is 9.72 Å². The lowest BCUT2D eigenvalue weighted by Crippen LogP contribution is -2.46. The highest BCUT2D eigenvalue weighted by Gasteiger charge is 2.31. The molecule has 1 fully saturated rings. The van der Waals surface area contributed by atoms with Crippen molar-refractivity contribution in [2.75, 3.05) is 31.6 Å². The van der Waals surface area contributed by atoms with E-state index in [1.165, 1.54) is 0 Å². The van der Waals surface area contributed by atoms with Gasteiger partial charge in [-0.3, -0.25) is 4.79 Å². The maximum absolute atomic E-state index is 13.6. The van der Waals surface area contributed by atoms with E-state index in [9.17, 15) is 4.79 Å². The van der Waals surface area contributed by atoms with Gasteiger partial charge in [-0.1, -0.05) is 12.1 Å². The molecule has 0 radical (unpaired) electrons. The smallest absolute Gasteiger partial charge is 0.254 e. The summed E-state index contributed by atoms with van der Waals surface area (Å²) in [6.07, 6.45) is 3.98. The normalized spacial score (nSPS) is 18.0. The van der Waals surface area contributed by atoms with Gasteiger partial charge < -0.3 is 14.5 Å². The number of carbonyl (C=O) groups excluding carboxylic acids is 1. The first-order valence-electron chi connectivity index (χ1n) is 11.6. The molecule has 1 saturated carbocycles. The van der Waals surface area contributed by atoms with Crippen LogP contribution in [0.2, 0.25) is 0 Å². The zero-order chi connectivity index (χ0) is 22.4. The molecule has 3 aromatic rings. The Morgan fingerprint density at radius 1 is 1.28 bits per heavy atom. The fraction of sp³-hybridized carbons (Fsp3) is 0.480. The number of anilines is 1. The van der Waals surface area contributed by atoms with Gasteiger partial charge in [-0.15, -0.1) is 0 Å². The Morgan fingerprint density at radius 3 is 2.78 bits per heavy atom. The lowest BCUT2D eigenvalue weighted by molar-refractivity contribution is 0.0711. The van der Waals surface area contributed by atoms with E-state index >= 15 is 0 Å². The lowest BCUT2D eigenvalue weighted by atomic mass is 10.1. The van der Waals surface area contributed by atoms with E-state index in [0.717, 1.165) is 54.1 Å². The van der Waals surface area contributed by atoms with E-state index in [-0.39, 0.29) is 18.1 Å². The number of amides is 1. The van der Waals surface area contributed by atoms with Gasteiger partial charge >= 0.3 is 0 Å². The molecule has 7 nitrogen and oxygen atoms in total. The van der Waals surface area contributed by atoms with Crippen LogP contribution >= 0.6 is 0 Å². The quantitative estimate of drug-likeness (QED) is 0.582. The van der Waals surface area contributed by atoms with Crippen LogP contribution in [0.4, 0.5) is 5.69 Å². The second kappa shape index (κ2) is 8.11. The number of carbonyl (C=O) groups is 1. The lowest BCUT2D eigenvalue weighted by Gasteiger charge is -2.37. The fourth-order valence-corrected chi connectivity index (χ4v) is 4.55. The number of ether oxygens (including phenoxy) is 1. The third-order valence-electron chi connectivity index (χ3n) is 6.43. The molecule has 168 valence electrons. The molecule has 2 aliphatic rings. The van der Waals surface area contributed by atoms with E-state index in [2.05, 4.69) is 36.8 Å². The Labute approximate surface area is 189 Å². The Balaban J connectivity index is 1.42. The molecule has 0 spiro atoms. The SMILES string of the molecule is CCN1CC(CN(C)C(=O)c2cc(C3CC3)nc3c2cnn3C(C)C)Oc2ccccc21. The predicted octanol–water partition coefficient (Wildman–Crippen LogP) is 4.25. The Kier molecular flexibility index (Phi) is 5.27. The number of hydrogen-bond acceptors (Lipinski definition) is 5. The van der Waals surface area contributed by atoms with Crippen molar-refractivity contribution in [3.05, 3.63) is 47.8 Å². The van der Waals surface area contributed by atoms with Crippen LogP contribution in [0.1, 0.15) is 61.6 Å². The minimum absolute atomic E-state index is 0.00638.